The van der Waals surface area contributed by atoms with Gasteiger partial charge in [0.15, 0.2) is 0 Å². The summed E-state index contributed by atoms with van der Waals surface area (Å²) in [5.74, 6) is 0.635. The number of nitrogens with zero attached hydrogens (tertiary/aromatic N) is 4. The van der Waals surface area contributed by atoms with Gasteiger partial charge in [-0.1, -0.05) is 12.6 Å². The van der Waals surface area contributed by atoms with Crippen molar-refractivity contribution >= 4 is 23.4 Å². The van der Waals surface area contributed by atoms with Crippen molar-refractivity contribution in [2.75, 3.05) is 45.7 Å². The molecule has 1 fully saturated rings. The fourth-order valence-electron chi connectivity index (χ4n) is 3.47. The van der Waals surface area contributed by atoms with Crippen LogP contribution in [0.2, 0.25) is 0 Å². The number of phenolic OH excluding ortho intramolecular Hbond substituents is 1. The van der Waals surface area contributed by atoms with E-state index in [1.807, 2.05) is 18.0 Å². The molecule has 0 aliphatic carbocycles. The van der Waals surface area contributed by atoms with Gasteiger partial charge in [-0.25, -0.2) is 4.99 Å². The predicted molar refractivity (Wildman–Crippen MR) is 133 cm³/mol. The molecule has 4 N–H and O–H groups in total. The van der Waals surface area contributed by atoms with E-state index in [1.165, 1.54) is 31.7 Å². The number of hydrogen-bond acceptors (Lipinski definition) is 8. The molecule has 1 amide bonds. The number of allylic oxidation sites excluding steroid dienone is 1. The molecule has 0 saturated carbocycles. The molecule has 2 aromatic carbocycles. The molecule has 0 bridgehead atoms. The standard InChI is InChI=1S/C25H28N6O3/c1-17(28-16-21(15-27)18-4-5-20(14-26)23(32)12-18)29-22-7-6-19(13-24(22)34-3)25(33)31-10-8-30(2)9-11-31/h4-7,12-13,15-16,29,32H,1,8-11,27H2,2-3H3/b21-15+,28-16-. The van der Waals surface area contributed by atoms with E-state index in [4.69, 9.17) is 15.7 Å². The summed E-state index contributed by atoms with van der Waals surface area (Å²) in [6.07, 6.45) is 2.84. The van der Waals surface area contributed by atoms with Gasteiger partial charge < -0.3 is 30.7 Å². The number of carbonyl (C=O) groups excluding carboxylic acids is 1. The SMILES string of the molecule is C=C(/N=C\C(=C/N)c1ccc(C#N)c(O)c1)Nc1ccc(C(=O)N2CCN(C)CC2)cc1OC. The summed E-state index contributed by atoms with van der Waals surface area (Å²) in [4.78, 5) is 21.2. The molecule has 1 aliphatic heterocycles. The maximum Gasteiger partial charge on any atom is 0.254 e. The summed E-state index contributed by atoms with van der Waals surface area (Å²) in [7, 11) is 3.57. The molecule has 2 aromatic rings. The van der Waals surface area contributed by atoms with Gasteiger partial charge in [-0.05, 0) is 42.9 Å². The number of ether oxygens (including phenoxy) is 1. The van der Waals surface area contributed by atoms with Crippen molar-refractivity contribution in [1.82, 2.24) is 9.80 Å². The van der Waals surface area contributed by atoms with E-state index in [0.717, 1.165) is 13.1 Å². The number of amides is 1. The number of aliphatic imine (C=N–C) groups is 1. The number of carbonyl (C=O) groups is 1. The second-order valence-electron chi connectivity index (χ2n) is 7.81. The molecular weight excluding hydrogens is 432 g/mol. The fourth-order valence-corrected chi connectivity index (χ4v) is 3.47. The molecule has 1 heterocycles. The van der Waals surface area contributed by atoms with E-state index in [-0.39, 0.29) is 17.2 Å². The van der Waals surface area contributed by atoms with Crippen molar-refractivity contribution in [3.8, 4) is 17.6 Å². The molecule has 0 radical (unpaired) electrons. The molecule has 0 atom stereocenters. The quantitative estimate of drug-likeness (QED) is 0.542. The van der Waals surface area contributed by atoms with Crippen LogP contribution in [0, 0.1) is 11.3 Å². The first-order valence-corrected chi connectivity index (χ1v) is 10.7. The summed E-state index contributed by atoms with van der Waals surface area (Å²) in [6.45, 7) is 6.98. The zero-order valence-corrected chi connectivity index (χ0v) is 19.3. The molecule has 0 unspecified atom stereocenters. The number of phenols is 1. The second kappa shape index (κ2) is 11.0. The summed E-state index contributed by atoms with van der Waals surface area (Å²) >= 11 is 0. The van der Waals surface area contributed by atoms with E-state index in [1.54, 1.807) is 24.3 Å². The van der Waals surface area contributed by atoms with Crippen molar-refractivity contribution in [2.45, 2.75) is 0 Å². The van der Waals surface area contributed by atoms with Gasteiger partial charge in [0.25, 0.3) is 5.91 Å². The molecule has 1 aliphatic rings. The van der Waals surface area contributed by atoms with Gasteiger partial charge in [0, 0.05) is 49.7 Å². The van der Waals surface area contributed by atoms with Crippen LogP contribution in [0.4, 0.5) is 5.69 Å². The molecule has 3 rings (SSSR count). The highest BCUT2D eigenvalue weighted by molar-refractivity contribution is 6.10. The highest BCUT2D eigenvalue weighted by atomic mass is 16.5. The summed E-state index contributed by atoms with van der Waals surface area (Å²) in [6, 6.07) is 11.7. The summed E-state index contributed by atoms with van der Waals surface area (Å²) < 4.78 is 5.47. The third-order valence-corrected chi connectivity index (χ3v) is 5.51. The lowest BCUT2D eigenvalue weighted by molar-refractivity contribution is 0.0664. The van der Waals surface area contributed by atoms with Gasteiger partial charge in [0.05, 0.1) is 18.4 Å². The van der Waals surface area contributed by atoms with Crippen LogP contribution in [0.15, 0.2) is 60.0 Å². The normalized spacial score (nSPS) is 14.6. The number of benzene rings is 2. The summed E-state index contributed by atoms with van der Waals surface area (Å²) in [5.41, 5.74) is 8.17. The van der Waals surface area contributed by atoms with Gasteiger partial charge in [0.1, 0.15) is 23.4 Å². The first-order valence-electron chi connectivity index (χ1n) is 10.7. The van der Waals surface area contributed by atoms with Crippen molar-refractivity contribution < 1.29 is 14.6 Å². The van der Waals surface area contributed by atoms with Crippen LogP contribution in [0.25, 0.3) is 5.57 Å². The lowest BCUT2D eigenvalue weighted by atomic mass is 10.1. The molecule has 0 spiro atoms. The maximum absolute atomic E-state index is 12.9. The van der Waals surface area contributed by atoms with Crippen molar-refractivity contribution in [2.24, 2.45) is 10.7 Å². The number of hydrogen-bond donors (Lipinski definition) is 3. The Labute approximate surface area is 199 Å². The van der Waals surface area contributed by atoms with Crippen LogP contribution >= 0.6 is 0 Å². The number of rotatable bonds is 7. The largest absolute Gasteiger partial charge is 0.507 e. The lowest BCUT2D eigenvalue weighted by Crippen LogP contribution is -2.47. The number of piperazine rings is 1. The molecule has 176 valence electrons. The van der Waals surface area contributed by atoms with E-state index < -0.39 is 0 Å². The van der Waals surface area contributed by atoms with Gasteiger partial charge in [-0.3, -0.25) is 4.79 Å². The topological polar surface area (TPSA) is 127 Å². The van der Waals surface area contributed by atoms with Gasteiger partial charge in [0.2, 0.25) is 0 Å². The van der Waals surface area contributed by atoms with Gasteiger partial charge in [-0.2, -0.15) is 5.26 Å². The van der Waals surface area contributed by atoms with E-state index in [0.29, 0.717) is 47.0 Å². The van der Waals surface area contributed by atoms with E-state index in [9.17, 15) is 9.90 Å². The third-order valence-electron chi connectivity index (χ3n) is 5.51. The van der Waals surface area contributed by atoms with Crippen LogP contribution < -0.4 is 15.8 Å². The van der Waals surface area contributed by atoms with Gasteiger partial charge >= 0.3 is 0 Å². The Hall–Kier alpha value is -4.29. The first kappa shape index (κ1) is 24.4. The number of aromatic hydroxyl groups is 1. The average Bonchev–Trinajstić information content (AvgIpc) is 2.84. The van der Waals surface area contributed by atoms with Gasteiger partial charge in [-0.15, -0.1) is 0 Å². The molecule has 9 nitrogen and oxygen atoms in total. The van der Waals surface area contributed by atoms with Crippen LogP contribution in [-0.2, 0) is 0 Å². The third kappa shape index (κ3) is 5.74. The Balaban J connectivity index is 1.70. The number of anilines is 1. The highest BCUT2D eigenvalue weighted by Gasteiger charge is 2.21. The van der Waals surface area contributed by atoms with Crippen LogP contribution in [0.1, 0.15) is 21.5 Å². The highest BCUT2D eigenvalue weighted by Crippen LogP contribution is 2.28. The number of nitrogens with one attached hydrogen (secondary N) is 1. The molecule has 0 aromatic heterocycles. The Morgan fingerprint density at radius 2 is 1.94 bits per heavy atom. The average molecular weight is 461 g/mol. The smallest absolute Gasteiger partial charge is 0.254 e. The van der Waals surface area contributed by atoms with Crippen molar-refractivity contribution in [3.05, 3.63) is 71.7 Å². The zero-order valence-electron chi connectivity index (χ0n) is 19.3. The second-order valence-corrected chi connectivity index (χ2v) is 7.81. The lowest BCUT2D eigenvalue weighted by Gasteiger charge is -2.32. The maximum atomic E-state index is 12.9. The molecular formula is C25H28N6O3. The number of nitrogens with two attached hydrogens (primary N) is 1. The van der Waals surface area contributed by atoms with Crippen LogP contribution in [-0.4, -0.2) is 67.4 Å². The summed E-state index contributed by atoms with van der Waals surface area (Å²) in [5, 5.41) is 21.9. The molecule has 34 heavy (non-hydrogen) atoms. The van der Waals surface area contributed by atoms with Crippen molar-refractivity contribution in [1.29, 1.82) is 5.26 Å². The molecule has 9 heteroatoms. The number of methoxy groups -OCH3 is 1. The van der Waals surface area contributed by atoms with Crippen LogP contribution in [0.3, 0.4) is 0 Å². The van der Waals surface area contributed by atoms with Crippen LogP contribution in [0.5, 0.6) is 11.5 Å². The Morgan fingerprint density at radius 3 is 2.56 bits per heavy atom. The Morgan fingerprint density at radius 1 is 1.24 bits per heavy atom. The molecule has 1 saturated heterocycles. The minimum Gasteiger partial charge on any atom is -0.507 e. The Bertz CT molecular complexity index is 1170. The van der Waals surface area contributed by atoms with Crippen molar-refractivity contribution in [3.63, 3.8) is 0 Å². The monoisotopic (exact) mass is 460 g/mol. The number of likely N-dealkylation sites (N-methyl/N-ethyl adjacent to an activating group) is 1. The fraction of sp³-hybridized carbons (Fsp3) is 0.240. The minimum absolute atomic E-state index is 0.0295. The van der Waals surface area contributed by atoms with E-state index in [2.05, 4.69) is 21.8 Å². The predicted octanol–water partition coefficient (Wildman–Crippen LogP) is 2.61. The zero-order chi connectivity index (χ0) is 24.7. The number of nitriles is 1. The Kier molecular flexibility index (Phi) is 7.90. The van der Waals surface area contributed by atoms with E-state index >= 15 is 0 Å². The minimum atomic E-state index is -0.138. The first-order chi connectivity index (χ1) is 16.4.